The molecule has 3 aromatic rings. The molecule has 0 spiro atoms. The maximum atomic E-state index is 13.3. The van der Waals surface area contributed by atoms with Gasteiger partial charge in [-0.1, -0.05) is 6.07 Å². The monoisotopic (exact) mass is 489 g/mol. The third-order valence-corrected chi connectivity index (χ3v) is 6.96. The van der Waals surface area contributed by atoms with E-state index in [2.05, 4.69) is 32.7 Å². The van der Waals surface area contributed by atoms with Crippen molar-refractivity contribution in [2.45, 2.75) is 45.4 Å². The highest BCUT2D eigenvalue weighted by molar-refractivity contribution is 6.04. The van der Waals surface area contributed by atoms with Crippen LogP contribution in [-0.2, 0) is 11.3 Å². The van der Waals surface area contributed by atoms with Crippen molar-refractivity contribution in [3.63, 3.8) is 0 Å². The van der Waals surface area contributed by atoms with E-state index in [4.69, 9.17) is 9.47 Å². The van der Waals surface area contributed by atoms with Gasteiger partial charge in [0, 0.05) is 55.2 Å². The van der Waals surface area contributed by atoms with Crippen LogP contribution >= 0.6 is 0 Å². The molecule has 2 fully saturated rings. The van der Waals surface area contributed by atoms with Crippen molar-refractivity contribution in [3.8, 4) is 11.4 Å². The summed E-state index contributed by atoms with van der Waals surface area (Å²) in [5.41, 5.74) is 5.40. The van der Waals surface area contributed by atoms with Crippen LogP contribution in [0.2, 0.25) is 0 Å². The molecule has 0 saturated carbocycles. The Balaban J connectivity index is 1.37. The van der Waals surface area contributed by atoms with Crippen LogP contribution in [0.3, 0.4) is 0 Å². The number of likely N-dealkylation sites (N-methyl/N-ethyl adjacent to an activating group) is 1. The van der Waals surface area contributed by atoms with Gasteiger partial charge in [-0.3, -0.25) is 9.69 Å². The fourth-order valence-electron chi connectivity index (χ4n) is 4.88. The van der Waals surface area contributed by atoms with Gasteiger partial charge < -0.3 is 24.7 Å². The number of likely N-dealkylation sites (tertiary alicyclic amines) is 1. The molecular weight excluding hydrogens is 454 g/mol. The zero-order valence-electron chi connectivity index (χ0n) is 21.3. The van der Waals surface area contributed by atoms with Crippen LogP contribution in [0.4, 0.5) is 5.69 Å². The van der Waals surface area contributed by atoms with E-state index in [1.165, 1.54) is 0 Å². The Bertz CT molecular complexity index is 1220. The summed E-state index contributed by atoms with van der Waals surface area (Å²) in [4.78, 5) is 20.1. The summed E-state index contributed by atoms with van der Waals surface area (Å²) >= 11 is 0. The summed E-state index contributed by atoms with van der Waals surface area (Å²) in [6.07, 6.45) is 5.85. The first-order valence-corrected chi connectivity index (χ1v) is 12.7. The molecule has 0 aliphatic carbocycles. The Morgan fingerprint density at radius 3 is 2.81 bits per heavy atom. The minimum Gasteiger partial charge on any atom is -0.488 e. The highest BCUT2D eigenvalue weighted by Gasteiger charge is 2.22. The number of hydrogen-bond acceptors (Lipinski definition) is 6. The summed E-state index contributed by atoms with van der Waals surface area (Å²) in [7, 11) is 2.02. The van der Waals surface area contributed by atoms with E-state index >= 15 is 0 Å². The molecule has 2 atom stereocenters. The molecule has 2 aliphatic rings. The highest BCUT2D eigenvalue weighted by Crippen LogP contribution is 2.26. The molecule has 1 amide bonds. The molecule has 2 aromatic carbocycles. The smallest absolute Gasteiger partial charge is 0.255 e. The van der Waals surface area contributed by atoms with Gasteiger partial charge in [0.05, 0.1) is 25.2 Å². The van der Waals surface area contributed by atoms with E-state index in [0.717, 1.165) is 66.4 Å². The Labute approximate surface area is 212 Å². The SMILES string of the molecule is CNC1CCN(Cc2cc(NC(=O)c3ccc(C)c(OC4CCOC4)c3)cc(-n3cnc(C)c3)c2)C1. The quantitative estimate of drug-likeness (QED) is 0.502. The third kappa shape index (κ3) is 5.78. The van der Waals surface area contributed by atoms with E-state index in [0.29, 0.717) is 24.8 Å². The van der Waals surface area contributed by atoms with Gasteiger partial charge in [0.15, 0.2) is 0 Å². The molecule has 190 valence electrons. The number of anilines is 1. The second-order valence-electron chi connectivity index (χ2n) is 9.86. The van der Waals surface area contributed by atoms with Crippen LogP contribution in [0.25, 0.3) is 5.69 Å². The highest BCUT2D eigenvalue weighted by atomic mass is 16.5. The average molecular weight is 490 g/mol. The van der Waals surface area contributed by atoms with Crippen LogP contribution in [0, 0.1) is 13.8 Å². The molecule has 2 N–H and O–H groups in total. The summed E-state index contributed by atoms with van der Waals surface area (Å²) in [6, 6.07) is 12.4. The summed E-state index contributed by atoms with van der Waals surface area (Å²) in [5, 5.41) is 6.50. The number of nitrogens with zero attached hydrogens (tertiary/aromatic N) is 3. The largest absolute Gasteiger partial charge is 0.488 e. The lowest BCUT2D eigenvalue weighted by atomic mass is 10.1. The molecule has 2 unspecified atom stereocenters. The van der Waals surface area contributed by atoms with Gasteiger partial charge in [-0.2, -0.15) is 0 Å². The number of benzene rings is 2. The predicted molar refractivity (Wildman–Crippen MR) is 140 cm³/mol. The lowest BCUT2D eigenvalue weighted by Crippen LogP contribution is -2.29. The van der Waals surface area contributed by atoms with Crippen molar-refractivity contribution in [1.29, 1.82) is 0 Å². The number of hydrogen-bond donors (Lipinski definition) is 2. The number of carbonyl (C=O) groups excluding carboxylic acids is 1. The number of carbonyl (C=O) groups is 1. The summed E-state index contributed by atoms with van der Waals surface area (Å²) in [6.45, 7) is 8.17. The topological polar surface area (TPSA) is 80.6 Å². The van der Waals surface area contributed by atoms with Crippen LogP contribution in [0.5, 0.6) is 5.75 Å². The van der Waals surface area contributed by atoms with Gasteiger partial charge in [-0.15, -0.1) is 0 Å². The second-order valence-corrected chi connectivity index (χ2v) is 9.86. The zero-order chi connectivity index (χ0) is 25.1. The Hall–Kier alpha value is -3.20. The minimum atomic E-state index is -0.163. The maximum Gasteiger partial charge on any atom is 0.255 e. The minimum absolute atomic E-state index is 0.0352. The van der Waals surface area contributed by atoms with Crippen molar-refractivity contribution < 1.29 is 14.3 Å². The Morgan fingerprint density at radius 2 is 2.08 bits per heavy atom. The molecule has 8 heteroatoms. The van der Waals surface area contributed by atoms with E-state index in [1.54, 1.807) is 0 Å². The fourth-order valence-corrected chi connectivity index (χ4v) is 4.88. The molecule has 5 rings (SSSR count). The molecule has 3 heterocycles. The first-order chi connectivity index (χ1) is 17.5. The molecule has 0 radical (unpaired) electrons. The van der Waals surface area contributed by atoms with Crippen LogP contribution in [0.1, 0.15) is 40.0 Å². The Kier molecular flexibility index (Phi) is 7.36. The number of imidazole rings is 1. The van der Waals surface area contributed by atoms with E-state index in [-0.39, 0.29) is 12.0 Å². The van der Waals surface area contributed by atoms with Crippen molar-refractivity contribution >= 4 is 11.6 Å². The molecule has 2 saturated heterocycles. The Morgan fingerprint density at radius 1 is 1.19 bits per heavy atom. The van der Waals surface area contributed by atoms with Gasteiger partial charge in [0.2, 0.25) is 0 Å². The van der Waals surface area contributed by atoms with Crippen molar-refractivity contribution in [2.75, 3.05) is 38.7 Å². The maximum absolute atomic E-state index is 13.3. The van der Waals surface area contributed by atoms with Crippen molar-refractivity contribution in [3.05, 3.63) is 71.3 Å². The fraction of sp³-hybridized carbons (Fsp3) is 0.429. The lowest BCUT2D eigenvalue weighted by Gasteiger charge is -2.18. The number of nitrogens with one attached hydrogen (secondary N) is 2. The van der Waals surface area contributed by atoms with Gasteiger partial charge in [-0.25, -0.2) is 4.98 Å². The van der Waals surface area contributed by atoms with Crippen LogP contribution in [-0.4, -0.2) is 65.9 Å². The zero-order valence-corrected chi connectivity index (χ0v) is 21.3. The number of aryl methyl sites for hydroxylation is 2. The van der Waals surface area contributed by atoms with Crippen LogP contribution < -0.4 is 15.4 Å². The van der Waals surface area contributed by atoms with E-state index in [9.17, 15) is 4.79 Å². The average Bonchev–Trinajstić information content (AvgIpc) is 3.63. The summed E-state index contributed by atoms with van der Waals surface area (Å²) < 4.78 is 13.5. The predicted octanol–water partition coefficient (Wildman–Crippen LogP) is 3.70. The summed E-state index contributed by atoms with van der Waals surface area (Å²) in [5.74, 6) is 0.568. The normalized spacial score (nSPS) is 20.1. The molecule has 1 aromatic heterocycles. The molecule has 2 aliphatic heterocycles. The lowest BCUT2D eigenvalue weighted by molar-refractivity contribution is 0.102. The number of rotatable bonds is 8. The van der Waals surface area contributed by atoms with Gasteiger partial charge in [0.1, 0.15) is 11.9 Å². The second kappa shape index (κ2) is 10.8. The third-order valence-electron chi connectivity index (χ3n) is 6.96. The standard InChI is InChI=1S/C28H35N5O3/c1-19-4-5-22(12-27(19)36-26-7-9-35-17-26)28(34)31-24-10-21(15-32-8-6-23(16-32)29-3)11-25(13-24)33-14-20(2)30-18-33/h4-5,10-14,18,23,26,29H,6-9,15-17H2,1-3H3,(H,31,34). The van der Waals surface area contributed by atoms with Gasteiger partial charge in [0.25, 0.3) is 5.91 Å². The molecule has 0 bridgehead atoms. The van der Waals surface area contributed by atoms with E-state index in [1.807, 2.05) is 62.3 Å². The molecule has 8 nitrogen and oxygen atoms in total. The first kappa shape index (κ1) is 24.5. The number of aromatic nitrogens is 2. The van der Waals surface area contributed by atoms with Gasteiger partial charge in [-0.05, 0) is 68.8 Å². The number of ether oxygens (including phenoxy) is 2. The first-order valence-electron chi connectivity index (χ1n) is 12.7. The van der Waals surface area contributed by atoms with Crippen molar-refractivity contribution in [1.82, 2.24) is 19.8 Å². The molecule has 36 heavy (non-hydrogen) atoms. The van der Waals surface area contributed by atoms with Crippen LogP contribution in [0.15, 0.2) is 48.9 Å². The molecular formula is C28H35N5O3. The van der Waals surface area contributed by atoms with Crippen molar-refractivity contribution in [2.24, 2.45) is 0 Å². The number of amides is 1. The van der Waals surface area contributed by atoms with Gasteiger partial charge >= 0.3 is 0 Å². The van der Waals surface area contributed by atoms with E-state index < -0.39 is 0 Å².